The smallest absolute Gasteiger partial charge is 0.337 e. The van der Waals surface area contributed by atoms with E-state index in [1.807, 2.05) is 0 Å². The minimum atomic E-state index is -1.25. The van der Waals surface area contributed by atoms with E-state index < -0.39 is 10.9 Å². The number of anilines is 1. The second-order valence-corrected chi connectivity index (χ2v) is 3.90. The normalized spacial score (nSPS) is 10.2. The van der Waals surface area contributed by atoms with Crippen LogP contribution in [0.5, 0.6) is 0 Å². The number of aromatic carboxylic acids is 1. The molecule has 0 radical (unpaired) electrons. The van der Waals surface area contributed by atoms with Gasteiger partial charge in [-0.05, 0) is 6.42 Å². The lowest BCUT2D eigenvalue weighted by Crippen LogP contribution is -2.22. The summed E-state index contributed by atoms with van der Waals surface area (Å²) in [4.78, 5) is 26.6. The highest BCUT2D eigenvalue weighted by Gasteiger charge is 2.21. The molecule has 0 amide bonds. The maximum Gasteiger partial charge on any atom is 0.337 e. The second kappa shape index (κ2) is 6.64. The molecular formula is C11H15N3O5. The number of carboxylic acids is 1. The number of nitro groups is 1. The SMILES string of the molecule is COCCCN(C)c1ncc(C(=O)O)cc1[N+](=O)[O-]. The van der Waals surface area contributed by atoms with Crippen molar-refractivity contribution >= 4 is 17.5 Å². The van der Waals surface area contributed by atoms with E-state index >= 15 is 0 Å². The second-order valence-electron chi connectivity index (χ2n) is 3.90. The van der Waals surface area contributed by atoms with Crippen molar-refractivity contribution in [1.82, 2.24) is 4.98 Å². The maximum atomic E-state index is 11.0. The first-order valence-electron chi connectivity index (χ1n) is 5.55. The van der Waals surface area contributed by atoms with Gasteiger partial charge in [-0.2, -0.15) is 0 Å². The highest BCUT2D eigenvalue weighted by Crippen LogP contribution is 2.25. The first-order valence-corrected chi connectivity index (χ1v) is 5.55. The Bertz CT molecular complexity index is 477. The zero-order valence-corrected chi connectivity index (χ0v) is 10.7. The van der Waals surface area contributed by atoms with Crippen molar-refractivity contribution in [2.75, 3.05) is 32.2 Å². The molecule has 0 spiro atoms. The third kappa shape index (κ3) is 3.88. The Hall–Kier alpha value is -2.22. The number of carbonyl (C=O) groups is 1. The quantitative estimate of drug-likeness (QED) is 0.449. The molecule has 1 N–H and O–H groups in total. The average molecular weight is 269 g/mol. The van der Waals surface area contributed by atoms with Crippen LogP contribution in [0.25, 0.3) is 0 Å². The van der Waals surface area contributed by atoms with Crippen LogP contribution in [-0.2, 0) is 4.74 Å². The largest absolute Gasteiger partial charge is 0.478 e. The van der Waals surface area contributed by atoms with Crippen LogP contribution < -0.4 is 4.90 Å². The van der Waals surface area contributed by atoms with E-state index in [1.54, 1.807) is 19.1 Å². The van der Waals surface area contributed by atoms with Gasteiger partial charge in [-0.1, -0.05) is 0 Å². The van der Waals surface area contributed by atoms with E-state index in [1.165, 1.54) is 0 Å². The van der Waals surface area contributed by atoms with Crippen molar-refractivity contribution < 1.29 is 19.6 Å². The van der Waals surface area contributed by atoms with Gasteiger partial charge in [-0.15, -0.1) is 0 Å². The number of nitrogens with zero attached hydrogens (tertiary/aromatic N) is 3. The summed E-state index contributed by atoms with van der Waals surface area (Å²) in [6.45, 7) is 1.06. The molecule has 0 aromatic carbocycles. The number of carboxylic acid groups (broad SMARTS) is 1. The van der Waals surface area contributed by atoms with Crippen molar-refractivity contribution in [1.29, 1.82) is 0 Å². The zero-order valence-electron chi connectivity index (χ0n) is 10.7. The first kappa shape index (κ1) is 14.8. The Morgan fingerprint density at radius 3 is 2.84 bits per heavy atom. The predicted molar refractivity (Wildman–Crippen MR) is 67.6 cm³/mol. The Balaban J connectivity index is 2.99. The third-order valence-electron chi connectivity index (χ3n) is 2.49. The molecule has 0 saturated carbocycles. The summed E-state index contributed by atoms with van der Waals surface area (Å²) in [6.07, 6.45) is 1.80. The van der Waals surface area contributed by atoms with Gasteiger partial charge in [-0.25, -0.2) is 9.78 Å². The third-order valence-corrected chi connectivity index (χ3v) is 2.49. The van der Waals surface area contributed by atoms with Crippen molar-refractivity contribution in [2.45, 2.75) is 6.42 Å². The summed E-state index contributed by atoms with van der Waals surface area (Å²) in [7, 11) is 3.23. The number of hydrogen-bond acceptors (Lipinski definition) is 6. The number of rotatable bonds is 7. The number of methoxy groups -OCH3 is 1. The molecule has 0 saturated heterocycles. The van der Waals surface area contributed by atoms with Crippen LogP contribution in [0, 0.1) is 10.1 Å². The standard InChI is InChI=1S/C11H15N3O5/c1-13(4-3-5-19-2)10-9(14(17)18)6-8(7-12-10)11(15)16/h6-7H,3-5H2,1-2H3,(H,15,16). The molecule has 1 aromatic rings. The molecule has 0 atom stereocenters. The number of ether oxygens (including phenoxy) is 1. The molecule has 0 bridgehead atoms. The summed E-state index contributed by atoms with van der Waals surface area (Å²) in [5.41, 5.74) is -0.527. The van der Waals surface area contributed by atoms with Crippen molar-refractivity contribution in [3.05, 3.63) is 27.9 Å². The van der Waals surface area contributed by atoms with E-state index in [0.717, 1.165) is 12.3 Å². The molecule has 0 unspecified atom stereocenters. The van der Waals surface area contributed by atoms with E-state index in [0.29, 0.717) is 19.6 Å². The zero-order chi connectivity index (χ0) is 14.4. The number of hydrogen-bond donors (Lipinski definition) is 1. The summed E-state index contributed by atoms with van der Waals surface area (Å²) >= 11 is 0. The van der Waals surface area contributed by atoms with Gasteiger partial charge in [0.2, 0.25) is 5.82 Å². The molecule has 0 aliphatic heterocycles. The fourth-order valence-corrected chi connectivity index (χ4v) is 1.54. The molecule has 1 aromatic heterocycles. The van der Waals surface area contributed by atoms with Crippen molar-refractivity contribution in [2.24, 2.45) is 0 Å². The van der Waals surface area contributed by atoms with E-state index in [9.17, 15) is 14.9 Å². The topological polar surface area (TPSA) is 106 Å². The van der Waals surface area contributed by atoms with Crippen molar-refractivity contribution in [3.63, 3.8) is 0 Å². The van der Waals surface area contributed by atoms with Crippen LogP contribution in [0.15, 0.2) is 12.3 Å². The van der Waals surface area contributed by atoms with Crippen LogP contribution in [-0.4, -0.2) is 48.3 Å². The molecule has 8 nitrogen and oxygen atoms in total. The lowest BCUT2D eigenvalue weighted by molar-refractivity contribution is -0.384. The summed E-state index contributed by atoms with van der Waals surface area (Å²) in [5.74, 6) is -1.10. The first-order chi connectivity index (χ1) is 8.97. The van der Waals surface area contributed by atoms with E-state index in [4.69, 9.17) is 9.84 Å². The molecular weight excluding hydrogens is 254 g/mol. The number of pyridine rings is 1. The minimum Gasteiger partial charge on any atom is -0.478 e. The van der Waals surface area contributed by atoms with Crippen LogP contribution in [0.2, 0.25) is 0 Å². The van der Waals surface area contributed by atoms with Crippen molar-refractivity contribution in [3.8, 4) is 0 Å². The molecule has 1 heterocycles. The Labute approximate surface area is 109 Å². The monoisotopic (exact) mass is 269 g/mol. The van der Waals surface area contributed by atoms with Gasteiger partial charge >= 0.3 is 11.7 Å². The van der Waals surface area contributed by atoms with E-state index in [2.05, 4.69) is 4.98 Å². The minimum absolute atomic E-state index is 0.145. The van der Waals surface area contributed by atoms with Gasteiger partial charge in [0.25, 0.3) is 0 Å². The van der Waals surface area contributed by atoms with Gasteiger partial charge in [0, 0.05) is 39.6 Å². The molecule has 1 rings (SSSR count). The Morgan fingerprint density at radius 1 is 1.63 bits per heavy atom. The molecule has 19 heavy (non-hydrogen) atoms. The maximum absolute atomic E-state index is 11.0. The summed E-state index contributed by atoms with van der Waals surface area (Å²) in [6, 6.07) is 1.01. The van der Waals surface area contributed by atoms with Crippen LogP contribution in [0.4, 0.5) is 11.5 Å². The van der Waals surface area contributed by atoms with Gasteiger partial charge in [0.05, 0.1) is 10.5 Å². The molecule has 0 aliphatic rings. The fraction of sp³-hybridized carbons (Fsp3) is 0.455. The van der Waals surface area contributed by atoms with Crippen LogP contribution >= 0.6 is 0 Å². The summed E-state index contributed by atoms with van der Waals surface area (Å²) in [5, 5.41) is 19.8. The van der Waals surface area contributed by atoms with Crippen LogP contribution in [0.1, 0.15) is 16.8 Å². The lowest BCUT2D eigenvalue weighted by Gasteiger charge is -2.17. The molecule has 104 valence electrons. The van der Waals surface area contributed by atoms with Gasteiger partial charge in [0.15, 0.2) is 0 Å². The highest BCUT2D eigenvalue weighted by molar-refractivity contribution is 5.88. The average Bonchev–Trinajstić information content (AvgIpc) is 2.38. The molecule has 0 aliphatic carbocycles. The van der Waals surface area contributed by atoms with Crippen LogP contribution in [0.3, 0.4) is 0 Å². The number of aromatic nitrogens is 1. The van der Waals surface area contributed by atoms with Gasteiger partial charge in [0.1, 0.15) is 0 Å². The fourth-order valence-electron chi connectivity index (χ4n) is 1.54. The molecule has 0 fully saturated rings. The predicted octanol–water partition coefficient (Wildman–Crippen LogP) is 1.16. The highest BCUT2D eigenvalue weighted by atomic mass is 16.6. The van der Waals surface area contributed by atoms with Gasteiger partial charge < -0.3 is 14.7 Å². The van der Waals surface area contributed by atoms with Gasteiger partial charge in [-0.3, -0.25) is 10.1 Å². The summed E-state index contributed by atoms with van der Waals surface area (Å²) < 4.78 is 4.90. The van der Waals surface area contributed by atoms with E-state index in [-0.39, 0.29) is 17.1 Å². The lowest BCUT2D eigenvalue weighted by atomic mass is 10.2. The molecule has 8 heteroatoms. The Morgan fingerprint density at radius 2 is 2.32 bits per heavy atom. The Kier molecular flexibility index (Phi) is 5.19.